The van der Waals surface area contributed by atoms with Crippen LogP contribution in [-0.4, -0.2) is 19.6 Å². The fourth-order valence-corrected chi connectivity index (χ4v) is 9.04. The van der Waals surface area contributed by atoms with Crippen molar-refractivity contribution in [2.45, 2.75) is 36.9 Å². The first kappa shape index (κ1) is 19.9. The van der Waals surface area contributed by atoms with E-state index in [2.05, 4.69) is 40.4 Å². The summed E-state index contributed by atoms with van der Waals surface area (Å²) in [4.78, 5) is 0. The Morgan fingerprint density at radius 3 is 2.13 bits per heavy atom. The van der Waals surface area contributed by atoms with Crippen molar-refractivity contribution in [2.75, 3.05) is 13.3 Å². The van der Waals surface area contributed by atoms with Crippen molar-refractivity contribution >= 4 is 39.9 Å². The summed E-state index contributed by atoms with van der Waals surface area (Å²) in [6.07, 6.45) is 8.79. The van der Waals surface area contributed by atoms with Gasteiger partial charge in [0.2, 0.25) is 0 Å². The average molecular weight is 492 g/mol. The second-order valence-corrected chi connectivity index (χ2v) is 15.9. The molecule has 0 saturated heterocycles. The fraction of sp³-hybridized carbons (Fsp3) is 0.560. The third-order valence-electron chi connectivity index (χ3n) is 9.14. The molecule has 6 unspecified atom stereocenters. The molecule has 6 rings (SSSR count). The van der Waals surface area contributed by atoms with Crippen molar-refractivity contribution in [3.8, 4) is 0 Å². The predicted molar refractivity (Wildman–Crippen MR) is 127 cm³/mol. The first-order valence-corrected chi connectivity index (χ1v) is 14.8. The minimum atomic E-state index is -2.93. The highest BCUT2D eigenvalue weighted by Gasteiger charge is 2.71. The Kier molecular flexibility index (Phi) is 3.99. The van der Waals surface area contributed by atoms with Gasteiger partial charge in [-0.05, 0) is 116 Å². The highest BCUT2D eigenvalue weighted by atomic mass is 79.9. The molecule has 2 aromatic carbocycles. The second-order valence-electron chi connectivity index (χ2n) is 11.1. The molecule has 0 amide bonds. The molecular weight excluding hydrogens is 463 g/mol. The van der Waals surface area contributed by atoms with Crippen LogP contribution in [-0.2, 0) is 11.2 Å². The molecule has 6 atom stereocenters. The van der Waals surface area contributed by atoms with Crippen LogP contribution in [0.1, 0.15) is 36.8 Å². The Balaban J connectivity index is 1.37. The van der Waals surface area contributed by atoms with Gasteiger partial charge in [-0.1, -0.05) is 34.4 Å². The van der Waals surface area contributed by atoms with E-state index < -0.39 is 12.5 Å². The zero-order valence-corrected chi connectivity index (χ0v) is 20.0. The van der Waals surface area contributed by atoms with Crippen molar-refractivity contribution in [1.29, 1.82) is 0 Å². The highest BCUT2D eigenvalue weighted by molar-refractivity contribution is 9.10. The lowest BCUT2D eigenvalue weighted by Gasteiger charge is -2.72. The molecule has 2 aromatic rings. The largest absolute Gasteiger partial charge is 0.321 e. The second kappa shape index (κ2) is 6.00. The van der Waals surface area contributed by atoms with Gasteiger partial charge in [0.15, 0.2) is 0 Å². The smallest absolute Gasteiger partial charge is 0.289 e. The van der Waals surface area contributed by atoms with Crippen LogP contribution in [0.2, 0.25) is 0 Å². The molecule has 30 heavy (non-hydrogen) atoms. The van der Waals surface area contributed by atoms with Crippen molar-refractivity contribution < 1.29 is 8.78 Å². The summed E-state index contributed by atoms with van der Waals surface area (Å²) in [5, 5.41) is 1.82. The number of nitrogens with two attached hydrogens (primary N) is 1. The van der Waals surface area contributed by atoms with Crippen molar-refractivity contribution in [1.82, 2.24) is 0 Å². The molecule has 5 heteroatoms. The van der Waals surface area contributed by atoms with Gasteiger partial charge in [0.05, 0.1) is 0 Å². The normalized spacial score (nSPS) is 39.4. The molecule has 0 bridgehead atoms. The van der Waals surface area contributed by atoms with Crippen LogP contribution in [0.25, 0.3) is 10.8 Å². The summed E-state index contributed by atoms with van der Waals surface area (Å²) < 4.78 is 30.7. The van der Waals surface area contributed by atoms with Gasteiger partial charge in [-0.25, -0.2) is 0 Å². The average Bonchev–Trinajstić information content (AvgIpc) is 2.95. The minimum absolute atomic E-state index is 0.0488. The molecule has 0 aliphatic heterocycles. The maximum atomic E-state index is 15.1. The lowest BCUT2D eigenvalue weighted by atomic mass is 9.33. The molecule has 4 aliphatic carbocycles. The number of fused-ring (bicyclic) bond motifs is 8. The van der Waals surface area contributed by atoms with Crippen LogP contribution in [0.15, 0.2) is 34.8 Å². The van der Waals surface area contributed by atoms with E-state index in [0.717, 1.165) is 64.7 Å². The zero-order chi connectivity index (χ0) is 21.2. The van der Waals surface area contributed by atoms with Crippen molar-refractivity contribution in [2.24, 2.45) is 41.2 Å². The van der Waals surface area contributed by atoms with Gasteiger partial charge in [0, 0.05) is 15.6 Å². The number of rotatable bonds is 3. The Hall–Kier alpha value is -0.700. The predicted octanol–water partition coefficient (Wildman–Crippen LogP) is 6.83. The molecule has 0 radical (unpaired) electrons. The van der Waals surface area contributed by atoms with Crippen LogP contribution in [0.4, 0.5) is 8.78 Å². The summed E-state index contributed by atoms with van der Waals surface area (Å²) in [6, 6.07) is 9.74. The molecule has 160 valence electrons. The van der Waals surface area contributed by atoms with Crippen LogP contribution in [0.5, 0.6) is 0 Å². The van der Waals surface area contributed by atoms with E-state index in [-0.39, 0.29) is 11.1 Å². The summed E-state index contributed by atoms with van der Waals surface area (Å²) in [5.74, 6) is 5.43. The van der Waals surface area contributed by atoms with Crippen LogP contribution in [0.3, 0.4) is 0 Å². The lowest BCUT2D eigenvalue weighted by Crippen LogP contribution is -2.66. The van der Waals surface area contributed by atoms with Gasteiger partial charge in [0.1, 0.15) is 0 Å². The Morgan fingerprint density at radius 2 is 1.60 bits per heavy atom. The number of hydrogen-bond acceptors (Lipinski definition) is 1. The van der Waals surface area contributed by atoms with E-state index in [1.54, 1.807) is 19.4 Å². The maximum absolute atomic E-state index is 15.1. The van der Waals surface area contributed by atoms with Gasteiger partial charge < -0.3 is 5.73 Å². The van der Waals surface area contributed by atoms with E-state index in [9.17, 15) is 0 Å². The monoisotopic (exact) mass is 491 g/mol. The van der Waals surface area contributed by atoms with Gasteiger partial charge in [0.25, 0.3) is 5.66 Å². The van der Waals surface area contributed by atoms with Gasteiger partial charge in [-0.3, -0.25) is 0 Å². The van der Waals surface area contributed by atoms with Gasteiger partial charge in [-0.2, -0.15) is 8.78 Å². The zero-order valence-electron chi connectivity index (χ0n) is 17.5. The van der Waals surface area contributed by atoms with Crippen LogP contribution < -0.4 is 5.73 Å². The van der Waals surface area contributed by atoms with E-state index in [1.165, 1.54) is 12.8 Å². The summed E-state index contributed by atoms with van der Waals surface area (Å²) >= 11 is 3.39. The maximum Gasteiger partial charge on any atom is 0.289 e. The van der Waals surface area contributed by atoms with Crippen LogP contribution in [0, 0.1) is 35.5 Å². The molecule has 4 aliphatic rings. The summed E-state index contributed by atoms with van der Waals surface area (Å²) in [6.45, 7) is 0.526. The first-order valence-electron chi connectivity index (χ1n) is 11.1. The standard InChI is InChI=1S/C25H29BrF2NP/c1-30(2,3)25(27,28)20-9-14-8-15(5-4-13(14)10-21(20)26)24(29)11-18-19(12-24)23-17-7-6-16(17)22(18)23/h4-5,8-10,16-19,22-23H,1,6-7,11-12,29H2,2-3H3. The number of benzene rings is 2. The first-order chi connectivity index (χ1) is 14.0. The Bertz CT molecular complexity index is 1100. The molecule has 1 nitrogen and oxygen atoms in total. The van der Waals surface area contributed by atoms with E-state index in [0.29, 0.717) is 4.47 Å². The van der Waals surface area contributed by atoms with E-state index in [1.807, 2.05) is 6.07 Å². The number of alkyl halides is 2. The van der Waals surface area contributed by atoms with Gasteiger partial charge in [-0.15, -0.1) is 0 Å². The van der Waals surface area contributed by atoms with E-state index in [4.69, 9.17) is 5.73 Å². The molecular formula is C25H29BrF2NP. The topological polar surface area (TPSA) is 26.0 Å². The number of hydrogen-bond donors (Lipinski definition) is 1. The van der Waals surface area contributed by atoms with Crippen LogP contribution >= 0.6 is 22.8 Å². The Morgan fingerprint density at radius 1 is 1.00 bits per heavy atom. The third-order valence-corrected chi connectivity index (χ3v) is 11.6. The molecule has 2 N–H and O–H groups in total. The minimum Gasteiger partial charge on any atom is -0.321 e. The lowest BCUT2D eigenvalue weighted by molar-refractivity contribution is -0.239. The molecule has 4 saturated carbocycles. The van der Waals surface area contributed by atoms with E-state index >= 15 is 8.78 Å². The quantitative estimate of drug-likeness (QED) is 0.468. The number of halogens is 3. The third kappa shape index (κ3) is 2.42. The van der Waals surface area contributed by atoms with Gasteiger partial charge >= 0.3 is 0 Å². The fourth-order valence-electron chi connectivity index (χ4n) is 7.44. The molecule has 0 aromatic heterocycles. The molecule has 4 fully saturated rings. The van der Waals surface area contributed by atoms with Crippen molar-refractivity contribution in [3.05, 3.63) is 45.9 Å². The Labute approximate surface area is 185 Å². The highest BCUT2D eigenvalue weighted by Crippen LogP contribution is 2.76. The summed E-state index contributed by atoms with van der Waals surface area (Å²) in [7, 11) is 0. The SMILES string of the molecule is C=P(C)(C)C(F)(F)c1cc2cc(C3(N)CC4C(C3)C3C5CCC5C43)ccc2cc1Br. The molecule has 0 heterocycles. The molecule has 0 spiro atoms. The summed E-state index contributed by atoms with van der Waals surface area (Å²) in [5.41, 5.74) is 4.95. The van der Waals surface area contributed by atoms with Crippen molar-refractivity contribution in [3.63, 3.8) is 0 Å².